The van der Waals surface area contributed by atoms with Gasteiger partial charge in [0.1, 0.15) is 11.2 Å². The summed E-state index contributed by atoms with van der Waals surface area (Å²) in [5.41, 5.74) is 8.10. The highest BCUT2D eigenvalue weighted by molar-refractivity contribution is 7.42. The summed E-state index contributed by atoms with van der Waals surface area (Å²) in [4.78, 5) is 26.5. The van der Waals surface area contributed by atoms with Crippen LogP contribution in [0, 0.1) is 20.8 Å². The van der Waals surface area contributed by atoms with Gasteiger partial charge in [0.2, 0.25) is 8.53 Å². The minimum Gasteiger partial charge on any atom is -0.464 e. The average molecular weight is 309 g/mol. The number of rotatable bonds is 0. The van der Waals surface area contributed by atoms with E-state index in [1.54, 1.807) is 19.3 Å². The van der Waals surface area contributed by atoms with Crippen LogP contribution in [0.5, 0.6) is 0 Å². The molecule has 0 radical (unpaired) electrons. The summed E-state index contributed by atoms with van der Waals surface area (Å²) in [5.74, 6) is 0. The van der Waals surface area contributed by atoms with Gasteiger partial charge in [0.15, 0.2) is 0 Å². The average Bonchev–Trinajstić information content (AvgIpc) is 2.84. The maximum Gasteiger partial charge on any atom is 0.339 e. The predicted molar refractivity (Wildman–Crippen MR) is 82.0 cm³/mol. The van der Waals surface area contributed by atoms with Gasteiger partial charge in [-0.25, -0.2) is 4.79 Å². The minimum absolute atomic E-state index is 0.277. The molecule has 3 rings (SSSR count). The molecule has 4 N–H and O–H groups in total. The quantitative estimate of drug-likeness (QED) is 0.435. The van der Waals surface area contributed by atoms with Gasteiger partial charge in [-0.1, -0.05) is 0 Å². The number of furan rings is 1. The molecule has 0 bridgehead atoms. The van der Waals surface area contributed by atoms with Gasteiger partial charge in [0.05, 0.1) is 6.26 Å². The molecule has 0 fully saturated rings. The highest BCUT2D eigenvalue weighted by atomic mass is 31.2. The van der Waals surface area contributed by atoms with Crippen LogP contribution in [-0.2, 0) is 0 Å². The fraction of sp³-hybridized carbons (Fsp3) is 0.214. The Morgan fingerprint density at radius 3 is 2.33 bits per heavy atom. The first-order chi connectivity index (χ1) is 9.82. The fourth-order valence-electron chi connectivity index (χ4n) is 2.32. The summed E-state index contributed by atoms with van der Waals surface area (Å²) in [7, 11) is -2.12. The summed E-state index contributed by atoms with van der Waals surface area (Å²) >= 11 is 0. The largest absolute Gasteiger partial charge is 0.464 e. The Kier molecular flexibility index (Phi) is 4.44. The van der Waals surface area contributed by atoms with E-state index in [0.717, 1.165) is 27.5 Å². The molecule has 0 unspecified atom stereocenters. The van der Waals surface area contributed by atoms with Gasteiger partial charge >= 0.3 is 5.63 Å². The Bertz CT molecular complexity index is 847. The summed E-state index contributed by atoms with van der Waals surface area (Å²) in [6.07, 6.45) is 1.65. The number of hydrogen-bond donors (Lipinski definition) is 3. The van der Waals surface area contributed by atoms with Crippen LogP contribution >= 0.6 is 8.53 Å². The van der Waals surface area contributed by atoms with Crippen LogP contribution < -0.4 is 11.1 Å². The Morgan fingerprint density at radius 2 is 1.71 bits per heavy atom. The second kappa shape index (κ2) is 5.95. The van der Waals surface area contributed by atoms with E-state index in [9.17, 15) is 4.79 Å². The van der Waals surface area contributed by atoms with Crippen molar-refractivity contribution in [3.8, 4) is 0 Å². The standard InChI is InChI=1S/C14H12O3.H4NO2P/c1-7-8(2)14(15)17-12-6-11-10(4-5-16-11)9(3)13(7)12;1-4(2)3/h4-6H,1-3H3;2-3H,1H2. The predicted octanol–water partition coefficient (Wildman–Crippen LogP) is 2.62. The smallest absolute Gasteiger partial charge is 0.339 e. The molecule has 0 spiro atoms. The van der Waals surface area contributed by atoms with E-state index in [2.05, 4.69) is 5.50 Å². The van der Waals surface area contributed by atoms with Gasteiger partial charge in [0.25, 0.3) is 0 Å². The van der Waals surface area contributed by atoms with Crippen molar-refractivity contribution in [1.82, 2.24) is 0 Å². The van der Waals surface area contributed by atoms with Gasteiger partial charge in [0, 0.05) is 22.4 Å². The molecule has 0 aliphatic heterocycles. The third-order valence-corrected chi connectivity index (χ3v) is 3.43. The van der Waals surface area contributed by atoms with E-state index >= 15 is 0 Å². The fourth-order valence-corrected chi connectivity index (χ4v) is 2.32. The SMILES string of the molecule is Cc1c(C)c2c(C)c3ccoc3cc2oc1=O.NP(O)O. The summed E-state index contributed by atoms with van der Waals surface area (Å²) in [6.45, 7) is 5.76. The van der Waals surface area contributed by atoms with Crippen molar-refractivity contribution in [2.75, 3.05) is 0 Å². The van der Waals surface area contributed by atoms with E-state index in [-0.39, 0.29) is 5.63 Å². The lowest BCUT2D eigenvalue weighted by Crippen LogP contribution is -2.06. The Labute approximate surface area is 121 Å². The Morgan fingerprint density at radius 1 is 1.10 bits per heavy atom. The van der Waals surface area contributed by atoms with Crippen LogP contribution in [0.25, 0.3) is 21.9 Å². The van der Waals surface area contributed by atoms with Crippen LogP contribution in [0.3, 0.4) is 0 Å². The molecule has 0 amide bonds. The molecule has 112 valence electrons. The van der Waals surface area contributed by atoms with E-state index in [1.807, 2.05) is 19.9 Å². The summed E-state index contributed by atoms with van der Waals surface area (Å²) in [5, 5.41) is 2.07. The molecule has 0 saturated heterocycles. The Balaban J connectivity index is 0.000000361. The van der Waals surface area contributed by atoms with Crippen LogP contribution in [0.1, 0.15) is 16.7 Å². The number of nitrogens with two attached hydrogens (primary N) is 1. The zero-order chi connectivity index (χ0) is 15.7. The first kappa shape index (κ1) is 15.7. The van der Waals surface area contributed by atoms with Gasteiger partial charge in [-0.05, 0) is 38.0 Å². The molecule has 21 heavy (non-hydrogen) atoms. The van der Waals surface area contributed by atoms with Gasteiger partial charge in [-0.3, -0.25) is 5.50 Å². The molecule has 2 aromatic heterocycles. The third kappa shape index (κ3) is 2.99. The molecule has 0 aliphatic rings. The van der Waals surface area contributed by atoms with Crippen LogP contribution in [0.2, 0.25) is 0 Å². The van der Waals surface area contributed by atoms with Crippen LogP contribution in [0.15, 0.2) is 32.0 Å². The molecule has 2 heterocycles. The van der Waals surface area contributed by atoms with Gasteiger partial charge in [-0.2, -0.15) is 0 Å². The lowest BCUT2D eigenvalue weighted by atomic mass is 10.00. The zero-order valence-corrected chi connectivity index (χ0v) is 12.8. The first-order valence-corrected chi connectivity index (χ1v) is 7.48. The lowest BCUT2D eigenvalue weighted by molar-refractivity contribution is 0.485. The lowest BCUT2D eigenvalue weighted by Gasteiger charge is -2.07. The second-order valence-electron chi connectivity index (χ2n) is 4.67. The maximum atomic E-state index is 11.6. The van der Waals surface area contributed by atoms with Crippen LogP contribution in [-0.4, -0.2) is 9.79 Å². The van der Waals surface area contributed by atoms with Crippen LogP contribution in [0.4, 0.5) is 0 Å². The van der Waals surface area contributed by atoms with E-state index in [0.29, 0.717) is 11.1 Å². The molecule has 6 nitrogen and oxygen atoms in total. The molecule has 3 aromatic rings. The minimum atomic E-state index is -2.12. The van der Waals surface area contributed by atoms with Crippen molar-refractivity contribution in [2.45, 2.75) is 20.8 Å². The molecule has 1 aromatic carbocycles. The molecular weight excluding hydrogens is 293 g/mol. The topological polar surface area (TPSA) is 110 Å². The van der Waals surface area contributed by atoms with Crippen molar-refractivity contribution in [3.05, 3.63) is 45.5 Å². The molecule has 7 heteroatoms. The van der Waals surface area contributed by atoms with Crippen molar-refractivity contribution < 1.29 is 18.6 Å². The molecule has 0 aliphatic carbocycles. The monoisotopic (exact) mass is 309 g/mol. The Hall–Kier alpha value is -1.72. The third-order valence-electron chi connectivity index (χ3n) is 3.43. The van der Waals surface area contributed by atoms with E-state index in [4.69, 9.17) is 18.6 Å². The summed E-state index contributed by atoms with van der Waals surface area (Å²) in [6, 6.07) is 3.72. The van der Waals surface area contributed by atoms with E-state index in [1.165, 1.54) is 0 Å². The zero-order valence-electron chi connectivity index (χ0n) is 11.9. The van der Waals surface area contributed by atoms with Crippen molar-refractivity contribution in [2.24, 2.45) is 5.50 Å². The molecular formula is C14H16NO5P. The van der Waals surface area contributed by atoms with Gasteiger partial charge < -0.3 is 18.6 Å². The highest BCUT2D eigenvalue weighted by Gasteiger charge is 2.13. The number of hydrogen-bond acceptors (Lipinski definition) is 6. The number of benzene rings is 1. The van der Waals surface area contributed by atoms with Crippen molar-refractivity contribution in [3.63, 3.8) is 0 Å². The summed E-state index contributed by atoms with van der Waals surface area (Å²) < 4.78 is 10.7. The number of fused-ring (bicyclic) bond motifs is 2. The maximum absolute atomic E-state index is 11.6. The second-order valence-corrected chi connectivity index (χ2v) is 5.31. The molecule has 0 saturated carbocycles. The number of aryl methyl sites for hydroxylation is 2. The molecule has 0 atom stereocenters. The first-order valence-electron chi connectivity index (χ1n) is 6.16. The normalized spacial score (nSPS) is 11.0. The van der Waals surface area contributed by atoms with Crippen molar-refractivity contribution in [1.29, 1.82) is 0 Å². The highest BCUT2D eigenvalue weighted by Crippen LogP contribution is 2.30. The van der Waals surface area contributed by atoms with Gasteiger partial charge in [-0.15, -0.1) is 0 Å². The van der Waals surface area contributed by atoms with Crippen molar-refractivity contribution >= 4 is 30.5 Å². The van der Waals surface area contributed by atoms with E-state index < -0.39 is 8.53 Å².